The fourth-order valence-corrected chi connectivity index (χ4v) is 3.31. The van der Waals surface area contributed by atoms with E-state index in [1.807, 2.05) is 25.1 Å². The van der Waals surface area contributed by atoms with Crippen LogP contribution in [0, 0.1) is 6.92 Å². The van der Waals surface area contributed by atoms with Gasteiger partial charge in [0.1, 0.15) is 11.5 Å². The van der Waals surface area contributed by atoms with Crippen LogP contribution < -0.4 is 14.9 Å². The largest absolute Gasteiger partial charge is 0.497 e. The molecule has 0 unspecified atom stereocenters. The molecule has 0 aliphatic heterocycles. The summed E-state index contributed by atoms with van der Waals surface area (Å²) < 4.78 is 10.8. The molecule has 0 bridgehead atoms. The number of methoxy groups -OCH3 is 2. The molecule has 0 aliphatic rings. The van der Waals surface area contributed by atoms with Gasteiger partial charge in [0.25, 0.3) is 0 Å². The molecule has 3 rings (SSSR count). The third-order valence-corrected chi connectivity index (χ3v) is 4.89. The Labute approximate surface area is 159 Å². The zero-order valence-electron chi connectivity index (χ0n) is 16.3. The molecule has 0 aliphatic carbocycles. The highest BCUT2D eigenvalue weighted by Crippen LogP contribution is 2.29. The fourth-order valence-electron chi connectivity index (χ4n) is 3.31. The van der Waals surface area contributed by atoms with Crippen molar-refractivity contribution in [3.8, 4) is 11.5 Å². The molecular formula is C22H26N2O3. The number of nitrogens with one attached hydrogen (secondary N) is 1. The highest BCUT2D eigenvalue weighted by atomic mass is 16.5. The van der Waals surface area contributed by atoms with Gasteiger partial charge in [-0.05, 0) is 25.1 Å². The molecule has 0 spiro atoms. The van der Waals surface area contributed by atoms with Gasteiger partial charge in [0.15, 0.2) is 5.43 Å². The van der Waals surface area contributed by atoms with Gasteiger partial charge in [-0.1, -0.05) is 37.3 Å². The van der Waals surface area contributed by atoms with Gasteiger partial charge in [-0.25, -0.2) is 0 Å². The fraction of sp³-hybridized carbons (Fsp3) is 0.318. The maximum atomic E-state index is 13.2. The van der Waals surface area contributed by atoms with Gasteiger partial charge in [0.2, 0.25) is 0 Å². The van der Waals surface area contributed by atoms with Gasteiger partial charge >= 0.3 is 0 Å². The van der Waals surface area contributed by atoms with Gasteiger partial charge in [0.05, 0.1) is 25.1 Å². The number of hydrogen-bond donors (Lipinski definition) is 1. The minimum atomic E-state index is 0.0185. The van der Waals surface area contributed by atoms with E-state index < -0.39 is 0 Å². The van der Waals surface area contributed by atoms with Crippen molar-refractivity contribution in [2.75, 3.05) is 20.8 Å². The molecule has 0 atom stereocenters. The molecular weight excluding hydrogens is 340 g/mol. The number of aromatic amines is 1. The lowest BCUT2D eigenvalue weighted by Crippen LogP contribution is -2.27. The number of ether oxygens (including phenoxy) is 2. The van der Waals surface area contributed by atoms with E-state index in [0.29, 0.717) is 28.9 Å². The molecule has 1 N–H and O–H groups in total. The van der Waals surface area contributed by atoms with Gasteiger partial charge in [-0.3, -0.25) is 9.69 Å². The third-order valence-electron chi connectivity index (χ3n) is 4.89. The standard InChI is InChI=1S/C22H26N2O3/c1-5-24(13-16-9-7-6-8-10-16)14-19-15(2)23-21-18(22(19)25)11-17(26-3)12-20(21)27-4/h6-12H,5,13-14H2,1-4H3,(H,23,25). The Morgan fingerprint density at radius 3 is 2.41 bits per heavy atom. The van der Waals surface area contributed by atoms with E-state index in [-0.39, 0.29) is 5.43 Å². The van der Waals surface area contributed by atoms with Crippen molar-refractivity contribution in [2.45, 2.75) is 26.9 Å². The van der Waals surface area contributed by atoms with Crippen LogP contribution >= 0.6 is 0 Å². The van der Waals surface area contributed by atoms with Crippen LogP contribution in [-0.2, 0) is 13.1 Å². The monoisotopic (exact) mass is 366 g/mol. The van der Waals surface area contributed by atoms with E-state index in [1.165, 1.54) is 5.56 Å². The first-order valence-corrected chi connectivity index (χ1v) is 9.11. The van der Waals surface area contributed by atoms with Gasteiger partial charge < -0.3 is 14.5 Å². The summed E-state index contributed by atoms with van der Waals surface area (Å²) in [6.07, 6.45) is 0. The lowest BCUT2D eigenvalue weighted by atomic mass is 10.1. The second-order valence-electron chi connectivity index (χ2n) is 6.60. The zero-order chi connectivity index (χ0) is 19.4. The van der Waals surface area contributed by atoms with Gasteiger partial charge in [0, 0.05) is 30.4 Å². The normalized spacial score (nSPS) is 11.1. The van der Waals surface area contributed by atoms with Gasteiger partial charge in [-0.2, -0.15) is 0 Å². The van der Waals surface area contributed by atoms with Crippen LogP contribution in [0.25, 0.3) is 10.9 Å². The van der Waals surface area contributed by atoms with Crippen LogP contribution in [0.3, 0.4) is 0 Å². The summed E-state index contributed by atoms with van der Waals surface area (Å²) in [4.78, 5) is 18.8. The second kappa shape index (κ2) is 8.27. The van der Waals surface area contributed by atoms with Crippen molar-refractivity contribution < 1.29 is 9.47 Å². The van der Waals surface area contributed by atoms with Crippen LogP contribution in [0.4, 0.5) is 0 Å². The molecule has 27 heavy (non-hydrogen) atoms. The smallest absolute Gasteiger partial charge is 0.194 e. The van der Waals surface area contributed by atoms with Crippen LogP contribution in [0.15, 0.2) is 47.3 Å². The Morgan fingerprint density at radius 1 is 1.04 bits per heavy atom. The van der Waals surface area contributed by atoms with Crippen LogP contribution in [-0.4, -0.2) is 30.6 Å². The summed E-state index contributed by atoms with van der Waals surface area (Å²) in [7, 11) is 3.18. The molecule has 2 aromatic carbocycles. The first kappa shape index (κ1) is 19.0. The second-order valence-corrected chi connectivity index (χ2v) is 6.60. The topological polar surface area (TPSA) is 54.6 Å². The molecule has 0 fully saturated rings. The van der Waals surface area contributed by atoms with Crippen LogP contribution in [0.2, 0.25) is 0 Å². The number of aromatic nitrogens is 1. The number of pyridine rings is 1. The average Bonchev–Trinajstić information content (AvgIpc) is 2.70. The first-order valence-electron chi connectivity index (χ1n) is 9.11. The third kappa shape index (κ3) is 3.98. The molecule has 1 heterocycles. The van der Waals surface area contributed by atoms with Crippen molar-refractivity contribution >= 4 is 10.9 Å². The van der Waals surface area contributed by atoms with Crippen molar-refractivity contribution in [1.82, 2.24) is 9.88 Å². The Balaban J connectivity index is 2.02. The van der Waals surface area contributed by atoms with Crippen molar-refractivity contribution in [3.05, 3.63) is 69.5 Å². The van der Waals surface area contributed by atoms with Crippen molar-refractivity contribution in [2.24, 2.45) is 0 Å². The maximum Gasteiger partial charge on any atom is 0.194 e. The molecule has 142 valence electrons. The Morgan fingerprint density at radius 2 is 1.78 bits per heavy atom. The Bertz CT molecular complexity index is 980. The maximum absolute atomic E-state index is 13.2. The quantitative estimate of drug-likeness (QED) is 0.690. The summed E-state index contributed by atoms with van der Waals surface area (Å²) >= 11 is 0. The minimum Gasteiger partial charge on any atom is -0.497 e. The molecule has 0 saturated carbocycles. The van der Waals surface area contributed by atoms with E-state index in [1.54, 1.807) is 26.4 Å². The number of aryl methyl sites for hydroxylation is 1. The highest BCUT2D eigenvalue weighted by Gasteiger charge is 2.16. The van der Waals surface area contributed by atoms with E-state index in [0.717, 1.165) is 24.3 Å². The molecule has 5 nitrogen and oxygen atoms in total. The van der Waals surface area contributed by atoms with Crippen molar-refractivity contribution in [3.63, 3.8) is 0 Å². The van der Waals surface area contributed by atoms with E-state index in [2.05, 4.69) is 28.9 Å². The van der Waals surface area contributed by atoms with Gasteiger partial charge in [-0.15, -0.1) is 0 Å². The lowest BCUT2D eigenvalue weighted by Gasteiger charge is -2.22. The Hall–Kier alpha value is -2.79. The summed E-state index contributed by atoms with van der Waals surface area (Å²) in [5.74, 6) is 1.21. The molecule has 0 saturated heterocycles. The predicted molar refractivity (Wildman–Crippen MR) is 109 cm³/mol. The Kier molecular flexibility index (Phi) is 5.81. The SMILES string of the molecule is CCN(Cc1ccccc1)Cc1c(C)[nH]c2c(OC)cc(OC)cc2c1=O. The number of rotatable bonds is 7. The number of nitrogens with zero attached hydrogens (tertiary/aromatic N) is 1. The van der Waals surface area contributed by atoms with Crippen molar-refractivity contribution in [1.29, 1.82) is 0 Å². The molecule has 0 radical (unpaired) electrons. The van der Waals surface area contributed by atoms with Crippen LogP contribution in [0.5, 0.6) is 11.5 Å². The van der Waals surface area contributed by atoms with E-state index in [9.17, 15) is 4.79 Å². The summed E-state index contributed by atoms with van der Waals surface area (Å²) in [5.41, 5.74) is 3.59. The highest BCUT2D eigenvalue weighted by molar-refractivity contribution is 5.87. The molecule has 0 amide bonds. The minimum absolute atomic E-state index is 0.0185. The summed E-state index contributed by atoms with van der Waals surface area (Å²) in [6, 6.07) is 13.9. The zero-order valence-corrected chi connectivity index (χ0v) is 16.3. The summed E-state index contributed by atoms with van der Waals surface area (Å²) in [6.45, 7) is 6.29. The predicted octanol–water partition coefficient (Wildman–Crippen LogP) is 3.88. The lowest BCUT2D eigenvalue weighted by molar-refractivity contribution is 0.270. The van der Waals surface area contributed by atoms with E-state index in [4.69, 9.17) is 9.47 Å². The first-order chi connectivity index (χ1) is 13.1. The molecule has 3 aromatic rings. The number of fused-ring (bicyclic) bond motifs is 1. The number of benzene rings is 2. The van der Waals surface area contributed by atoms with Crippen LogP contribution in [0.1, 0.15) is 23.7 Å². The molecule has 1 aromatic heterocycles. The summed E-state index contributed by atoms with van der Waals surface area (Å²) in [5, 5.41) is 0.586. The molecule has 5 heteroatoms. The van der Waals surface area contributed by atoms with E-state index >= 15 is 0 Å². The average molecular weight is 366 g/mol. The number of hydrogen-bond acceptors (Lipinski definition) is 4. The number of H-pyrrole nitrogens is 1.